The van der Waals surface area contributed by atoms with Crippen LogP contribution in [0.5, 0.6) is 0 Å². The average Bonchev–Trinajstić information content (AvgIpc) is 2.43. The minimum atomic E-state index is -0.583. The van der Waals surface area contributed by atoms with E-state index in [4.69, 9.17) is 9.47 Å². The molecule has 0 fully saturated rings. The standard InChI is InChI=1S/C22H42O3/c1-11-19(4,5)16-20(6,7)14-15-22(10,12-2)17-21(8,9)25-18(23)24-13-3/h14-15H,11-13,16-17H2,1-10H3/b15-14-. The van der Waals surface area contributed by atoms with Crippen molar-refractivity contribution in [1.82, 2.24) is 0 Å². The van der Waals surface area contributed by atoms with E-state index < -0.39 is 11.8 Å². The maximum absolute atomic E-state index is 11.7. The first-order valence-corrected chi connectivity index (χ1v) is 9.76. The molecule has 0 saturated carbocycles. The Morgan fingerprint density at radius 2 is 1.40 bits per heavy atom. The van der Waals surface area contributed by atoms with Gasteiger partial charge in [0, 0.05) is 0 Å². The van der Waals surface area contributed by atoms with Crippen molar-refractivity contribution in [3.05, 3.63) is 12.2 Å². The summed E-state index contributed by atoms with van der Waals surface area (Å²) in [6.45, 7) is 22.0. The quantitative estimate of drug-likeness (QED) is 0.308. The number of hydrogen-bond acceptors (Lipinski definition) is 3. The first-order chi connectivity index (χ1) is 11.2. The number of allylic oxidation sites excluding steroid dienone is 2. The molecule has 0 bridgehead atoms. The van der Waals surface area contributed by atoms with Crippen LogP contribution in [0.4, 0.5) is 4.79 Å². The molecular weight excluding hydrogens is 312 g/mol. The highest BCUT2D eigenvalue weighted by atomic mass is 16.7. The van der Waals surface area contributed by atoms with Crippen molar-refractivity contribution in [3.8, 4) is 0 Å². The molecule has 0 amide bonds. The monoisotopic (exact) mass is 354 g/mol. The van der Waals surface area contributed by atoms with Crippen LogP contribution in [0, 0.1) is 16.2 Å². The van der Waals surface area contributed by atoms with Gasteiger partial charge in [0.15, 0.2) is 0 Å². The molecule has 0 saturated heterocycles. The van der Waals surface area contributed by atoms with E-state index in [0.717, 1.165) is 19.3 Å². The molecule has 0 aromatic rings. The van der Waals surface area contributed by atoms with Crippen molar-refractivity contribution in [2.45, 2.75) is 101 Å². The molecule has 0 aromatic heterocycles. The molecule has 0 aliphatic rings. The smallest absolute Gasteiger partial charge is 0.435 e. The predicted octanol–water partition coefficient (Wildman–Crippen LogP) is 7.15. The first kappa shape index (κ1) is 24.0. The maximum Gasteiger partial charge on any atom is 0.508 e. The van der Waals surface area contributed by atoms with Crippen molar-refractivity contribution in [1.29, 1.82) is 0 Å². The lowest BCUT2D eigenvalue weighted by atomic mass is 9.71. The van der Waals surface area contributed by atoms with Gasteiger partial charge in [-0.15, -0.1) is 0 Å². The Bertz CT molecular complexity index is 446. The summed E-state index contributed by atoms with van der Waals surface area (Å²) >= 11 is 0. The maximum atomic E-state index is 11.7. The van der Waals surface area contributed by atoms with Crippen LogP contribution < -0.4 is 0 Å². The average molecular weight is 355 g/mol. The second-order valence-electron chi connectivity index (χ2n) is 9.75. The molecular formula is C22H42O3. The van der Waals surface area contributed by atoms with Gasteiger partial charge in [0.2, 0.25) is 0 Å². The molecule has 0 spiro atoms. The molecule has 1 unspecified atom stereocenters. The Balaban J connectivity index is 5.11. The largest absolute Gasteiger partial charge is 0.508 e. The molecule has 1 atom stereocenters. The zero-order valence-electron chi connectivity index (χ0n) is 18.4. The molecule has 0 rings (SSSR count). The summed E-state index contributed by atoms with van der Waals surface area (Å²) in [5.41, 5.74) is -0.108. The SMILES string of the molecule is CCOC(=O)OC(C)(C)CC(C)(/C=C\C(C)(C)CC(C)(C)CC)CC. The van der Waals surface area contributed by atoms with Crippen molar-refractivity contribution in [2.24, 2.45) is 16.2 Å². The van der Waals surface area contributed by atoms with E-state index >= 15 is 0 Å². The Morgan fingerprint density at radius 3 is 1.84 bits per heavy atom. The highest BCUT2D eigenvalue weighted by Gasteiger charge is 2.34. The Labute approximate surface area is 156 Å². The third-order valence-corrected chi connectivity index (χ3v) is 5.09. The van der Waals surface area contributed by atoms with Crippen molar-refractivity contribution in [2.75, 3.05) is 6.61 Å². The number of hydrogen-bond donors (Lipinski definition) is 0. The highest BCUT2D eigenvalue weighted by molar-refractivity contribution is 5.60. The van der Waals surface area contributed by atoms with Crippen LogP contribution in [-0.4, -0.2) is 18.4 Å². The summed E-state index contributed by atoms with van der Waals surface area (Å²) in [4.78, 5) is 11.7. The number of carbonyl (C=O) groups excluding carboxylic acids is 1. The minimum absolute atomic E-state index is 0.0242. The van der Waals surface area contributed by atoms with E-state index in [9.17, 15) is 4.79 Å². The van der Waals surface area contributed by atoms with Crippen LogP contribution in [0.1, 0.15) is 94.9 Å². The van der Waals surface area contributed by atoms with Gasteiger partial charge in [-0.25, -0.2) is 4.79 Å². The number of rotatable bonds is 10. The van der Waals surface area contributed by atoms with Crippen LogP contribution >= 0.6 is 0 Å². The molecule has 3 heteroatoms. The first-order valence-electron chi connectivity index (χ1n) is 9.76. The fourth-order valence-electron chi connectivity index (χ4n) is 3.53. The van der Waals surface area contributed by atoms with Gasteiger partial charge in [-0.05, 0) is 56.3 Å². The highest BCUT2D eigenvalue weighted by Crippen LogP contribution is 2.40. The fraction of sp³-hybridized carbons (Fsp3) is 0.864. The van der Waals surface area contributed by atoms with Gasteiger partial charge in [-0.2, -0.15) is 0 Å². The summed E-state index contributed by atoms with van der Waals surface area (Å²) in [5.74, 6) is 0. The van der Waals surface area contributed by atoms with Gasteiger partial charge in [0.1, 0.15) is 5.60 Å². The topological polar surface area (TPSA) is 35.5 Å². The van der Waals surface area contributed by atoms with Crippen molar-refractivity contribution >= 4 is 6.16 Å². The van der Waals surface area contributed by atoms with E-state index in [2.05, 4.69) is 60.6 Å². The molecule has 148 valence electrons. The third kappa shape index (κ3) is 9.91. The molecule has 25 heavy (non-hydrogen) atoms. The summed E-state index contributed by atoms with van der Waals surface area (Å²) in [6, 6.07) is 0. The van der Waals surface area contributed by atoms with Gasteiger partial charge in [0.05, 0.1) is 6.61 Å². The van der Waals surface area contributed by atoms with E-state index in [1.165, 1.54) is 6.42 Å². The molecule has 0 aliphatic heterocycles. The normalized spacial score (nSPS) is 15.9. The molecule has 0 radical (unpaired) electrons. The van der Waals surface area contributed by atoms with E-state index in [1.54, 1.807) is 6.92 Å². The van der Waals surface area contributed by atoms with Crippen LogP contribution in [-0.2, 0) is 9.47 Å². The van der Waals surface area contributed by atoms with Gasteiger partial charge in [0.25, 0.3) is 0 Å². The Kier molecular flexibility index (Phi) is 8.73. The van der Waals surface area contributed by atoms with Crippen LogP contribution in [0.25, 0.3) is 0 Å². The zero-order valence-corrected chi connectivity index (χ0v) is 18.4. The van der Waals surface area contributed by atoms with Crippen LogP contribution in [0.15, 0.2) is 12.2 Å². The van der Waals surface area contributed by atoms with E-state index in [-0.39, 0.29) is 10.8 Å². The molecule has 0 aromatic carbocycles. The lowest BCUT2D eigenvalue weighted by Gasteiger charge is -2.36. The lowest BCUT2D eigenvalue weighted by Crippen LogP contribution is -2.34. The van der Waals surface area contributed by atoms with Crippen LogP contribution in [0.3, 0.4) is 0 Å². The number of ether oxygens (including phenoxy) is 2. The van der Waals surface area contributed by atoms with Gasteiger partial charge < -0.3 is 9.47 Å². The second kappa shape index (κ2) is 9.09. The molecule has 0 N–H and O–H groups in total. The van der Waals surface area contributed by atoms with Crippen molar-refractivity contribution in [3.63, 3.8) is 0 Å². The van der Waals surface area contributed by atoms with E-state index in [1.807, 2.05) is 13.8 Å². The van der Waals surface area contributed by atoms with Gasteiger partial charge in [-0.3, -0.25) is 0 Å². The second-order valence-corrected chi connectivity index (χ2v) is 9.75. The Hall–Kier alpha value is -0.990. The Morgan fingerprint density at radius 1 is 0.840 bits per heavy atom. The summed E-state index contributed by atoms with van der Waals surface area (Å²) in [7, 11) is 0. The predicted molar refractivity (Wildman–Crippen MR) is 107 cm³/mol. The van der Waals surface area contributed by atoms with Gasteiger partial charge >= 0.3 is 6.16 Å². The minimum Gasteiger partial charge on any atom is -0.435 e. The molecule has 0 heterocycles. The van der Waals surface area contributed by atoms with Gasteiger partial charge in [-0.1, -0.05) is 67.0 Å². The number of carbonyl (C=O) groups is 1. The molecule has 0 aliphatic carbocycles. The third-order valence-electron chi connectivity index (χ3n) is 5.09. The van der Waals surface area contributed by atoms with Crippen molar-refractivity contribution < 1.29 is 14.3 Å². The zero-order chi connectivity index (χ0) is 19.9. The van der Waals surface area contributed by atoms with Crippen LogP contribution in [0.2, 0.25) is 0 Å². The van der Waals surface area contributed by atoms with E-state index in [0.29, 0.717) is 12.0 Å². The molecule has 3 nitrogen and oxygen atoms in total. The fourth-order valence-corrected chi connectivity index (χ4v) is 3.53. The lowest BCUT2D eigenvalue weighted by molar-refractivity contribution is -0.0320. The summed E-state index contributed by atoms with van der Waals surface area (Å²) in [5, 5.41) is 0. The summed E-state index contributed by atoms with van der Waals surface area (Å²) < 4.78 is 10.4. The summed E-state index contributed by atoms with van der Waals surface area (Å²) in [6.07, 6.45) is 8.18.